The van der Waals surface area contributed by atoms with Crippen LogP contribution in [0.5, 0.6) is 0 Å². The van der Waals surface area contributed by atoms with Crippen molar-refractivity contribution in [2.24, 2.45) is 0 Å². The van der Waals surface area contributed by atoms with E-state index in [1.807, 2.05) is 0 Å². The quantitative estimate of drug-likeness (QED) is 0.488. The summed E-state index contributed by atoms with van der Waals surface area (Å²) in [6.45, 7) is 0. The Labute approximate surface area is 104 Å². The minimum absolute atomic E-state index is 0.440. The number of alkyl halides is 2. The van der Waals surface area contributed by atoms with E-state index in [1.165, 1.54) is 0 Å². The van der Waals surface area contributed by atoms with Gasteiger partial charge < -0.3 is 0 Å². The largest absolute Gasteiger partial charge is 0.281 e. The van der Waals surface area contributed by atoms with E-state index in [0.29, 0.717) is 12.1 Å². The predicted octanol–water partition coefficient (Wildman–Crippen LogP) is 3.11. The number of nitro benzene ring substituents is 1. The van der Waals surface area contributed by atoms with Crippen LogP contribution in [0.1, 0.15) is 12.0 Å². The summed E-state index contributed by atoms with van der Waals surface area (Å²) in [7, 11) is 0.657. The molecule has 0 atom stereocenters. The molecular formula is C7H3Cl2F2NO4S. The topological polar surface area (TPSA) is 77.3 Å². The molecule has 1 aromatic carbocycles. The summed E-state index contributed by atoms with van der Waals surface area (Å²) in [6, 6.07) is 1.08. The molecule has 0 unspecified atom stereocenters. The molecule has 0 radical (unpaired) electrons. The molecule has 17 heavy (non-hydrogen) atoms. The normalized spacial score (nSPS) is 11.8. The van der Waals surface area contributed by atoms with Crippen molar-refractivity contribution in [2.45, 2.75) is 11.3 Å². The first-order valence-electron chi connectivity index (χ1n) is 3.85. The molecule has 0 saturated carbocycles. The first-order valence-corrected chi connectivity index (χ1v) is 6.54. The van der Waals surface area contributed by atoms with Gasteiger partial charge in [-0.05, 0) is 6.07 Å². The summed E-state index contributed by atoms with van der Waals surface area (Å²) in [5.41, 5.74) is -2.13. The Kier molecular flexibility index (Phi) is 3.90. The van der Waals surface area contributed by atoms with E-state index in [0.717, 1.165) is 0 Å². The Balaban J connectivity index is 3.64. The van der Waals surface area contributed by atoms with E-state index in [1.54, 1.807) is 0 Å². The Bertz CT molecular complexity index is 575. The molecule has 0 N–H and O–H groups in total. The van der Waals surface area contributed by atoms with Gasteiger partial charge in [-0.1, -0.05) is 11.6 Å². The second-order valence-corrected chi connectivity index (χ2v) is 5.81. The number of hydrogen-bond acceptors (Lipinski definition) is 4. The van der Waals surface area contributed by atoms with Crippen LogP contribution < -0.4 is 0 Å². The van der Waals surface area contributed by atoms with Crippen LogP contribution in [0.4, 0.5) is 14.5 Å². The lowest BCUT2D eigenvalue weighted by molar-refractivity contribution is -0.386. The van der Waals surface area contributed by atoms with Crippen LogP contribution in [0.25, 0.3) is 0 Å². The van der Waals surface area contributed by atoms with Gasteiger partial charge in [0.2, 0.25) is 0 Å². The second kappa shape index (κ2) is 4.71. The van der Waals surface area contributed by atoms with Crippen LogP contribution in [-0.4, -0.2) is 13.3 Å². The Morgan fingerprint density at radius 3 is 2.24 bits per heavy atom. The van der Waals surface area contributed by atoms with Gasteiger partial charge in [-0.2, -0.15) is 0 Å². The van der Waals surface area contributed by atoms with Crippen LogP contribution >= 0.6 is 22.3 Å². The first-order chi connectivity index (χ1) is 7.64. The average molecular weight is 306 g/mol. The van der Waals surface area contributed by atoms with Crippen molar-refractivity contribution in [3.05, 3.63) is 32.8 Å². The summed E-state index contributed by atoms with van der Waals surface area (Å²) >= 11 is 5.37. The molecule has 10 heteroatoms. The average Bonchev–Trinajstić information content (AvgIpc) is 2.13. The molecule has 0 saturated heterocycles. The van der Waals surface area contributed by atoms with Crippen molar-refractivity contribution < 1.29 is 22.1 Å². The van der Waals surface area contributed by atoms with E-state index in [2.05, 4.69) is 0 Å². The summed E-state index contributed by atoms with van der Waals surface area (Å²) in [6.07, 6.45) is -3.20. The Morgan fingerprint density at radius 1 is 1.35 bits per heavy atom. The van der Waals surface area contributed by atoms with Gasteiger partial charge in [-0.25, -0.2) is 17.2 Å². The standard InChI is InChI=1S/C7H3Cl2F2NO4S/c8-4-1-3(17(9,15)16)2-5(12(13)14)6(4)7(10)11/h1-2,7H. The van der Waals surface area contributed by atoms with Crippen LogP contribution in [0.15, 0.2) is 17.0 Å². The minimum Gasteiger partial charge on any atom is -0.258 e. The summed E-state index contributed by atoms with van der Waals surface area (Å²) < 4.78 is 46.9. The highest BCUT2D eigenvalue weighted by atomic mass is 35.7. The van der Waals surface area contributed by atoms with Gasteiger partial charge in [0.15, 0.2) is 0 Å². The molecule has 5 nitrogen and oxygen atoms in total. The molecule has 94 valence electrons. The Hall–Kier alpha value is -0.990. The maximum absolute atomic E-state index is 12.5. The smallest absolute Gasteiger partial charge is 0.258 e. The van der Waals surface area contributed by atoms with Crippen molar-refractivity contribution in [1.29, 1.82) is 0 Å². The number of benzene rings is 1. The molecule has 0 bridgehead atoms. The molecule has 0 amide bonds. The number of nitrogens with zero attached hydrogens (tertiary/aromatic N) is 1. The molecule has 0 fully saturated rings. The lowest BCUT2D eigenvalue weighted by atomic mass is 10.2. The predicted molar refractivity (Wildman–Crippen MR) is 56.1 cm³/mol. The Morgan fingerprint density at radius 2 is 1.88 bits per heavy atom. The molecule has 0 heterocycles. The van der Waals surface area contributed by atoms with Gasteiger partial charge in [0.1, 0.15) is 5.56 Å². The molecule has 0 aliphatic carbocycles. The van der Waals surface area contributed by atoms with Crippen LogP contribution in [0.3, 0.4) is 0 Å². The summed E-state index contributed by atoms with van der Waals surface area (Å²) in [5.74, 6) is 0. The monoisotopic (exact) mass is 305 g/mol. The second-order valence-electron chi connectivity index (χ2n) is 2.83. The maximum atomic E-state index is 12.5. The van der Waals surface area contributed by atoms with Gasteiger partial charge >= 0.3 is 0 Å². The zero-order valence-electron chi connectivity index (χ0n) is 7.73. The van der Waals surface area contributed by atoms with Crippen molar-refractivity contribution in [3.63, 3.8) is 0 Å². The van der Waals surface area contributed by atoms with Gasteiger partial charge in [0.25, 0.3) is 21.2 Å². The highest BCUT2D eigenvalue weighted by Gasteiger charge is 2.28. The third kappa shape index (κ3) is 3.02. The minimum atomic E-state index is -4.29. The zero-order chi connectivity index (χ0) is 13.4. The van der Waals surface area contributed by atoms with E-state index >= 15 is 0 Å². The summed E-state index contributed by atoms with van der Waals surface area (Å²) in [4.78, 5) is 8.67. The van der Waals surface area contributed by atoms with Gasteiger partial charge in [-0.15, -0.1) is 0 Å². The first kappa shape index (κ1) is 14.1. The van der Waals surface area contributed by atoms with Crippen molar-refractivity contribution in [2.75, 3.05) is 0 Å². The van der Waals surface area contributed by atoms with Crippen LogP contribution in [0, 0.1) is 10.1 Å². The lowest BCUT2D eigenvalue weighted by Crippen LogP contribution is -2.00. The van der Waals surface area contributed by atoms with Crippen molar-refractivity contribution in [3.8, 4) is 0 Å². The van der Waals surface area contributed by atoms with Gasteiger partial charge in [-0.3, -0.25) is 10.1 Å². The fourth-order valence-electron chi connectivity index (χ4n) is 1.09. The molecular weight excluding hydrogens is 303 g/mol. The van der Waals surface area contributed by atoms with Crippen molar-refractivity contribution in [1.82, 2.24) is 0 Å². The van der Waals surface area contributed by atoms with E-state index in [9.17, 15) is 27.3 Å². The number of halogens is 4. The van der Waals surface area contributed by atoms with Gasteiger partial charge in [0, 0.05) is 16.7 Å². The SMILES string of the molecule is O=[N+]([O-])c1cc(S(=O)(=O)Cl)cc(Cl)c1C(F)F. The fourth-order valence-corrected chi connectivity index (χ4v) is 2.23. The van der Waals surface area contributed by atoms with E-state index < -0.39 is 41.6 Å². The van der Waals surface area contributed by atoms with E-state index in [4.69, 9.17) is 22.3 Å². The molecule has 0 spiro atoms. The number of nitro groups is 1. The molecule has 0 aromatic heterocycles. The third-order valence-electron chi connectivity index (χ3n) is 1.78. The third-order valence-corrected chi connectivity index (χ3v) is 3.42. The highest BCUT2D eigenvalue weighted by Crippen LogP contribution is 2.37. The lowest BCUT2D eigenvalue weighted by Gasteiger charge is -2.06. The van der Waals surface area contributed by atoms with Crippen LogP contribution in [0.2, 0.25) is 5.02 Å². The van der Waals surface area contributed by atoms with Crippen LogP contribution in [-0.2, 0) is 9.05 Å². The fraction of sp³-hybridized carbons (Fsp3) is 0.143. The molecule has 1 rings (SSSR count). The molecule has 1 aromatic rings. The summed E-state index contributed by atoms with van der Waals surface area (Å²) in [5, 5.41) is 9.80. The number of hydrogen-bond donors (Lipinski definition) is 0. The van der Waals surface area contributed by atoms with Crippen molar-refractivity contribution >= 4 is 37.0 Å². The highest BCUT2D eigenvalue weighted by molar-refractivity contribution is 8.13. The molecule has 0 aliphatic heterocycles. The van der Waals surface area contributed by atoms with Gasteiger partial charge in [0.05, 0.1) is 14.8 Å². The molecule has 0 aliphatic rings. The zero-order valence-corrected chi connectivity index (χ0v) is 10.1. The maximum Gasteiger partial charge on any atom is 0.281 e. The van der Waals surface area contributed by atoms with E-state index in [-0.39, 0.29) is 0 Å². The number of rotatable bonds is 3.